The molecule has 1 aromatic carbocycles. The lowest BCUT2D eigenvalue weighted by molar-refractivity contribution is -0.125. The Morgan fingerprint density at radius 1 is 1.52 bits per heavy atom. The van der Waals surface area contributed by atoms with Crippen molar-refractivity contribution in [3.8, 4) is 0 Å². The number of nitrogens with zero attached hydrogens (tertiary/aromatic N) is 3. The van der Waals surface area contributed by atoms with Crippen LogP contribution in [0.25, 0.3) is 0 Å². The van der Waals surface area contributed by atoms with Gasteiger partial charge in [-0.05, 0) is 17.7 Å². The first kappa shape index (κ1) is 17.8. The molecule has 1 N–H and O–H groups in total. The van der Waals surface area contributed by atoms with E-state index in [0.717, 1.165) is 11.3 Å². The van der Waals surface area contributed by atoms with Crippen LogP contribution in [-0.4, -0.2) is 47.2 Å². The lowest BCUT2D eigenvalue weighted by atomic mass is 10.1. The van der Waals surface area contributed by atoms with Gasteiger partial charge < -0.3 is 14.6 Å². The van der Waals surface area contributed by atoms with Gasteiger partial charge in [0.2, 0.25) is 5.91 Å². The fourth-order valence-corrected chi connectivity index (χ4v) is 3.10. The Morgan fingerprint density at radius 3 is 3.12 bits per heavy atom. The van der Waals surface area contributed by atoms with Crippen LogP contribution in [0.15, 0.2) is 30.7 Å². The van der Waals surface area contributed by atoms with Crippen molar-refractivity contribution in [1.82, 2.24) is 19.8 Å². The van der Waals surface area contributed by atoms with Gasteiger partial charge in [-0.15, -0.1) is 0 Å². The van der Waals surface area contributed by atoms with Gasteiger partial charge in [0.15, 0.2) is 0 Å². The minimum absolute atomic E-state index is 0.0803. The van der Waals surface area contributed by atoms with Crippen molar-refractivity contribution in [2.45, 2.75) is 19.1 Å². The second-order valence-corrected chi connectivity index (χ2v) is 6.42. The van der Waals surface area contributed by atoms with E-state index in [2.05, 4.69) is 15.2 Å². The summed E-state index contributed by atoms with van der Waals surface area (Å²) < 4.78 is 20.5. The molecule has 3 rings (SSSR count). The van der Waals surface area contributed by atoms with Crippen LogP contribution in [-0.2, 0) is 22.6 Å². The fourth-order valence-electron chi connectivity index (χ4n) is 2.98. The molecule has 0 unspecified atom stereocenters. The van der Waals surface area contributed by atoms with Gasteiger partial charge in [-0.3, -0.25) is 9.69 Å². The Hall–Kier alpha value is -1.96. The topological polar surface area (TPSA) is 59.4 Å². The lowest BCUT2D eigenvalue weighted by Crippen LogP contribution is -2.44. The number of benzene rings is 1. The number of nitrogens with one attached hydrogen (secondary N) is 1. The third-order valence-corrected chi connectivity index (χ3v) is 4.50. The van der Waals surface area contributed by atoms with Gasteiger partial charge in [0.1, 0.15) is 11.9 Å². The van der Waals surface area contributed by atoms with Gasteiger partial charge in [-0.1, -0.05) is 17.7 Å². The summed E-state index contributed by atoms with van der Waals surface area (Å²) in [5.74, 6) is -0.515. The van der Waals surface area contributed by atoms with Gasteiger partial charge in [0, 0.05) is 39.5 Å². The minimum atomic E-state index is -0.435. The van der Waals surface area contributed by atoms with E-state index in [-0.39, 0.29) is 17.0 Å². The first-order valence-electron chi connectivity index (χ1n) is 8.02. The summed E-state index contributed by atoms with van der Waals surface area (Å²) in [5, 5.41) is 2.98. The van der Waals surface area contributed by atoms with Crippen LogP contribution >= 0.6 is 11.6 Å². The Bertz CT molecular complexity index is 752. The van der Waals surface area contributed by atoms with Crippen LogP contribution in [0.3, 0.4) is 0 Å². The van der Waals surface area contributed by atoms with Crippen LogP contribution < -0.4 is 5.32 Å². The van der Waals surface area contributed by atoms with E-state index in [4.69, 9.17) is 16.3 Å². The van der Waals surface area contributed by atoms with E-state index in [9.17, 15) is 9.18 Å². The molecule has 25 heavy (non-hydrogen) atoms. The second-order valence-electron chi connectivity index (χ2n) is 6.01. The summed E-state index contributed by atoms with van der Waals surface area (Å²) in [7, 11) is 1.59. The summed E-state index contributed by atoms with van der Waals surface area (Å²) in [6.07, 6.45) is 3.43. The molecular formula is C17H20ClFN4O2. The minimum Gasteiger partial charge on any atom is -0.383 e. The van der Waals surface area contributed by atoms with E-state index >= 15 is 0 Å². The molecule has 0 radical (unpaired) electrons. The highest BCUT2D eigenvalue weighted by atomic mass is 35.5. The summed E-state index contributed by atoms with van der Waals surface area (Å²) >= 11 is 5.74. The highest BCUT2D eigenvalue weighted by Crippen LogP contribution is 2.24. The number of rotatable bonds is 6. The number of fused-ring (bicyclic) bond motifs is 1. The van der Waals surface area contributed by atoms with Crippen molar-refractivity contribution >= 4 is 17.5 Å². The number of ether oxygens (including phenoxy) is 1. The van der Waals surface area contributed by atoms with Gasteiger partial charge in [0.05, 0.1) is 23.7 Å². The van der Waals surface area contributed by atoms with Crippen LogP contribution in [0.5, 0.6) is 0 Å². The average molecular weight is 367 g/mol. The van der Waals surface area contributed by atoms with Gasteiger partial charge in [-0.2, -0.15) is 0 Å². The van der Waals surface area contributed by atoms with Crippen molar-refractivity contribution in [1.29, 1.82) is 0 Å². The molecule has 2 heterocycles. The summed E-state index contributed by atoms with van der Waals surface area (Å²) in [6, 6.07) is 4.41. The molecule has 0 spiro atoms. The second kappa shape index (κ2) is 7.95. The molecule has 1 aliphatic rings. The maximum absolute atomic E-state index is 13.7. The number of aromatic nitrogens is 2. The third kappa shape index (κ3) is 4.18. The van der Waals surface area contributed by atoms with Crippen LogP contribution in [0.1, 0.15) is 17.3 Å². The number of carbonyl (C=O) groups excluding carboxylic acids is 1. The van der Waals surface area contributed by atoms with E-state index < -0.39 is 5.82 Å². The molecule has 0 fully saturated rings. The summed E-state index contributed by atoms with van der Waals surface area (Å²) in [6.45, 7) is 2.61. The number of amides is 1. The molecule has 1 atom stereocenters. The Kier molecular flexibility index (Phi) is 5.67. The zero-order valence-corrected chi connectivity index (χ0v) is 14.7. The number of carbonyl (C=O) groups is 1. The molecular weight excluding hydrogens is 347 g/mol. The smallest absolute Gasteiger partial charge is 0.244 e. The number of halogens is 2. The monoisotopic (exact) mass is 366 g/mol. The van der Waals surface area contributed by atoms with Crippen molar-refractivity contribution in [3.63, 3.8) is 0 Å². The molecule has 0 aliphatic carbocycles. The van der Waals surface area contributed by atoms with E-state index in [1.807, 2.05) is 4.57 Å². The molecule has 1 aliphatic heterocycles. The van der Waals surface area contributed by atoms with Crippen LogP contribution in [0.4, 0.5) is 4.39 Å². The van der Waals surface area contributed by atoms with Crippen LogP contribution in [0, 0.1) is 5.82 Å². The Morgan fingerprint density at radius 2 is 2.36 bits per heavy atom. The molecule has 2 aromatic rings. The third-order valence-electron chi connectivity index (χ3n) is 4.20. The highest BCUT2D eigenvalue weighted by molar-refractivity contribution is 6.30. The van der Waals surface area contributed by atoms with E-state index in [1.165, 1.54) is 6.07 Å². The average Bonchev–Trinajstić information content (AvgIpc) is 3.06. The highest BCUT2D eigenvalue weighted by Gasteiger charge is 2.30. The number of methoxy groups -OCH3 is 1. The maximum Gasteiger partial charge on any atom is 0.244 e. The van der Waals surface area contributed by atoms with Crippen molar-refractivity contribution < 1.29 is 13.9 Å². The first-order valence-corrected chi connectivity index (χ1v) is 8.40. The van der Waals surface area contributed by atoms with Crippen molar-refractivity contribution in [2.75, 3.05) is 26.8 Å². The standard InChI is InChI=1S/C17H20ClFN4O2/c1-25-5-4-21-17(24)16-10-22(9-13-7-20-11-23(13)16)8-12-2-3-14(18)15(19)6-12/h2-3,6-7,11,16H,4-5,8-10H2,1H3,(H,21,24)/t16-/m0/s1. The van der Waals surface area contributed by atoms with Gasteiger partial charge >= 0.3 is 0 Å². The number of hydrogen-bond acceptors (Lipinski definition) is 4. The molecule has 134 valence electrons. The Labute approximate surface area is 150 Å². The first-order chi connectivity index (χ1) is 12.1. The Balaban J connectivity index is 1.72. The summed E-state index contributed by atoms with van der Waals surface area (Å²) in [4.78, 5) is 18.8. The molecule has 1 amide bonds. The molecule has 0 saturated heterocycles. The van der Waals surface area contributed by atoms with Crippen molar-refractivity contribution in [2.24, 2.45) is 0 Å². The van der Waals surface area contributed by atoms with E-state index in [0.29, 0.717) is 32.8 Å². The maximum atomic E-state index is 13.7. The van der Waals surface area contributed by atoms with Gasteiger partial charge in [0.25, 0.3) is 0 Å². The quantitative estimate of drug-likeness (QED) is 0.794. The molecule has 1 aromatic heterocycles. The van der Waals surface area contributed by atoms with Gasteiger partial charge in [-0.25, -0.2) is 9.37 Å². The van der Waals surface area contributed by atoms with Crippen molar-refractivity contribution in [3.05, 3.63) is 52.8 Å². The fraction of sp³-hybridized carbons (Fsp3) is 0.412. The number of hydrogen-bond donors (Lipinski definition) is 1. The van der Waals surface area contributed by atoms with E-state index in [1.54, 1.807) is 31.8 Å². The molecule has 0 saturated carbocycles. The zero-order valence-electron chi connectivity index (χ0n) is 13.9. The predicted octanol–water partition coefficient (Wildman–Crippen LogP) is 2.00. The summed E-state index contributed by atoms with van der Waals surface area (Å²) in [5.41, 5.74) is 1.76. The predicted molar refractivity (Wildman–Crippen MR) is 91.7 cm³/mol. The SMILES string of the molecule is COCCNC(=O)[C@@H]1CN(Cc2ccc(Cl)c(F)c2)Cc2cncn21. The van der Waals surface area contributed by atoms with Crippen LogP contribution in [0.2, 0.25) is 5.02 Å². The largest absolute Gasteiger partial charge is 0.383 e. The number of imidazole rings is 1. The zero-order chi connectivity index (χ0) is 17.8. The lowest BCUT2D eigenvalue weighted by Gasteiger charge is -2.33. The molecule has 8 heteroatoms. The molecule has 0 bridgehead atoms. The normalized spacial score (nSPS) is 17.3. The molecule has 6 nitrogen and oxygen atoms in total.